The number of hydrogen-bond donors (Lipinski definition) is 2. The van der Waals surface area contributed by atoms with Crippen LogP contribution in [0.4, 0.5) is 5.69 Å². The number of amides is 2. The average molecular weight is 450 g/mol. The van der Waals surface area contributed by atoms with E-state index in [0.29, 0.717) is 18.8 Å². The van der Waals surface area contributed by atoms with Gasteiger partial charge in [-0.3, -0.25) is 9.59 Å². The Balaban J connectivity index is 1.68. The van der Waals surface area contributed by atoms with Crippen molar-refractivity contribution in [1.29, 1.82) is 0 Å². The Morgan fingerprint density at radius 3 is 2.57 bits per heavy atom. The summed E-state index contributed by atoms with van der Waals surface area (Å²) < 4.78 is 27.4. The quantitative estimate of drug-likeness (QED) is 0.677. The molecule has 0 saturated carbocycles. The smallest absolute Gasteiger partial charge is 0.263 e. The van der Waals surface area contributed by atoms with Gasteiger partial charge in [-0.2, -0.15) is 4.31 Å². The third-order valence-electron chi connectivity index (χ3n) is 4.94. The molecule has 2 N–H and O–H groups in total. The van der Waals surface area contributed by atoms with E-state index in [0.717, 1.165) is 36.2 Å². The molecule has 0 unspecified atom stereocenters. The van der Waals surface area contributed by atoms with E-state index in [-0.39, 0.29) is 28.1 Å². The molecule has 2 heterocycles. The number of carbonyl (C=O) groups excluding carboxylic acids is 2. The van der Waals surface area contributed by atoms with Crippen LogP contribution in [0.2, 0.25) is 0 Å². The molecule has 162 valence electrons. The summed E-state index contributed by atoms with van der Waals surface area (Å²) in [5.41, 5.74) is 1.46. The van der Waals surface area contributed by atoms with Gasteiger partial charge in [0.05, 0.1) is 0 Å². The molecule has 1 aliphatic heterocycles. The SMILES string of the molecule is CC(C)C(=O)Nc1cccc(CNC(=O)c2sccc2S(=O)(=O)N2CCCCC2)c1. The molecule has 1 saturated heterocycles. The summed E-state index contributed by atoms with van der Waals surface area (Å²) in [5.74, 6) is -0.632. The van der Waals surface area contributed by atoms with Crippen LogP contribution < -0.4 is 10.6 Å². The Morgan fingerprint density at radius 1 is 1.13 bits per heavy atom. The molecule has 0 radical (unpaired) electrons. The Kier molecular flexibility index (Phi) is 7.27. The van der Waals surface area contributed by atoms with Crippen LogP contribution in [0.5, 0.6) is 0 Å². The Bertz CT molecular complexity index is 1010. The second-order valence-corrected chi connectivity index (χ2v) is 10.4. The number of nitrogens with zero attached hydrogens (tertiary/aromatic N) is 1. The van der Waals surface area contributed by atoms with Gasteiger partial charge in [-0.25, -0.2) is 8.42 Å². The number of nitrogens with one attached hydrogen (secondary N) is 2. The number of thiophene rings is 1. The lowest BCUT2D eigenvalue weighted by atomic mass is 10.1. The third kappa shape index (κ3) is 5.27. The van der Waals surface area contributed by atoms with Crippen molar-refractivity contribution in [1.82, 2.24) is 9.62 Å². The largest absolute Gasteiger partial charge is 0.347 e. The predicted molar refractivity (Wildman–Crippen MR) is 118 cm³/mol. The highest BCUT2D eigenvalue weighted by Crippen LogP contribution is 2.27. The topological polar surface area (TPSA) is 95.6 Å². The minimum atomic E-state index is -3.67. The van der Waals surface area contributed by atoms with Crippen molar-refractivity contribution in [2.45, 2.75) is 44.6 Å². The summed E-state index contributed by atoms with van der Waals surface area (Å²) >= 11 is 1.12. The van der Waals surface area contributed by atoms with E-state index in [4.69, 9.17) is 0 Å². The van der Waals surface area contributed by atoms with Crippen LogP contribution in [0.25, 0.3) is 0 Å². The highest BCUT2D eigenvalue weighted by molar-refractivity contribution is 7.89. The summed E-state index contributed by atoms with van der Waals surface area (Å²) in [7, 11) is -3.67. The maximum atomic E-state index is 13.0. The van der Waals surface area contributed by atoms with Crippen LogP contribution >= 0.6 is 11.3 Å². The molecule has 1 aromatic heterocycles. The second kappa shape index (κ2) is 9.72. The van der Waals surface area contributed by atoms with Crippen LogP contribution in [0.3, 0.4) is 0 Å². The van der Waals surface area contributed by atoms with Crippen molar-refractivity contribution in [3.05, 3.63) is 46.2 Å². The van der Waals surface area contributed by atoms with Crippen molar-refractivity contribution in [3.8, 4) is 0 Å². The first kappa shape index (κ1) is 22.5. The molecule has 1 aromatic carbocycles. The zero-order valence-corrected chi connectivity index (χ0v) is 18.8. The van der Waals surface area contributed by atoms with Gasteiger partial charge in [-0.15, -0.1) is 11.3 Å². The van der Waals surface area contributed by atoms with Gasteiger partial charge in [-0.05, 0) is 42.0 Å². The fourth-order valence-corrected chi connectivity index (χ4v) is 6.05. The first-order chi connectivity index (χ1) is 14.3. The number of hydrogen-bond acceptors (Lipinski definition) is 5. The molecular weight excluding hydrogens is 422 g/mol. The van der Waals surface area contributed by atoms with E-state index in [9.17, 15) is 18.0 Å². The molecule has 2 amide bonds. The number of anilines is 1. The molecule has 0 spiro atoms. The van der Waals surface area contributed by atoms with Crippen molar-refractivity contribution in [3.63, 3.8) is 0 Å². The van der Waals surface area contributed by atoms with E-state index < -0.39 is 15.9 Å². The lowest BCUT2D eigenvalue weighted by Gasteiger charge is -2.25. The minimum Gasteiger partial charge on any atom is -0.347 e. The van der Waals surface area contributed by atoms with Crippen molar-refractivity contribution in [2.75, 3.05) is 18.4 Å². The molecule has 1 fully saturated rings. The third-order valence-corrected chi connectivity index (χ3v) is 7.92. The van der Waals surface area contributed by atoms with Crippen LogP contribution in [0, 0.1) is 5.92 Å². The standard InChI is InChI=1S/C21H27N3O4S2/c1-15(2)20(25)23-17-8-6-7-16(13-17)14-22-21(26)19-18(9-12-29-19)30(27,28)24-10-4-3-5-11-24/h6-9,12-13,15H,3-5,10-11,14H2,1-2H3,(H,22,26)(H,23,25). The highest BCUT2D eigenvalue weighted by atomic mass is 32.2. The van der Waals surface area contributed by atoms with Gasteiger partial charge < -0.3 is 10.6 Å². The van der Waals surface area contributed by atoms with E-state index >= 15 is 0 Å². The second-order valence-electron chi connectivity index (χ2n) is 7.61. The van der Waals surface area contributed by atoms with Gasteiger partial charge in [0.25, 0.3) is 5.91 Å². The Morgan fingerprint density at radius 2 is 1.87 bits per heavy atom. The normalized spacial score (nSPS) is 15.2. The molecule has 7 nitrogen and oxygen atoms in total. The van der Waals surface area contributed by atoms with E-state index in [1.165, 1.54) is 10.4 Å². The molecule has 0 bridgehead atoms. The number of sulfonamides is 1. The van der Waals surface area contributed by atoms with Crippen molar-refractivity contribution >= 4 is 38.9 Å². The van der Waals surface area contributed by atoms with Crippen LogP contribution in [-0.2, 0) is 21.4 Å². The van der Waals surface area contributed by atoms with Gasteiger partial charge in [-0.1, -0.05) is 32.4 Å². The maximum absolute atomic E-state index is 13.0. The van der Waals surface area contributed by atoms with Gasteiger partial charge in [0.1, 0.15) is 9.77 Å². The lowest BCUT2D eigenvalue weighted by molar-refractivity contribution is -0.118. The van der Waals surface area contributed by atoms with Gasteiger partial charge in [0.2, 0.25) is 15.9 Å². The summed E-state index contributed by atoms with van der Waals surface area (Å²) in [6.45, 7) is 4.85. The van der Waals surface area contributed by atoms with Crippen LogP contribution in [0.15, 0.2) is 40.6 Å². The van der Waals surface area contributed by atoms with Gasteiger partial charge in [0, 0.05) is 31.2 Å². The molecule has 3 rings (SSSR count). The Labute approximate surface area is 181 Å². The first-order valence-electron chi connectivity index (χ1n) is 10.0. The lowest BCUT2D eigenvalue weighted by Crippen LogP contribution is -2.36. The maximum Gasteiger partial charge on any atom is 0.263 e. The molecule has 0 aliphatic carbocycles. The zero-order chi connectivity index (χ0) is 21.7. The fraction of sp³-hybridized carbons (Fsp3) is 0.429. The van der Waals surface area contributed by atoms with Crippen molar-refractivity contribution < 1.29 is 18.0 Å². The number of piperidine rings is 1. The molecular formula is C21H27N3O4S2. The zero-order valence-electron chi connectivity index (χ0n) is 17.2. The number of carbonyl (C=O) groups is 2. The van der Waals surface area contributed by atoms with E-state index in [1.807, 2.05) is 19.9 Å². The first-order valence-corrected chi connectivity index (χ1v) is 12.4. The predicted octanol–water partition coefficient (Wildman–Crippen LogP) is 3.45. The summed E-state index contributed by atoms with van der Waals surface area (Å²) in [5, 5.41) is 7.26. The van der Waals surface area contributed by atoms with Crippen LogP contribution in [-0.4, -0.2) is 37.6 Å². The minimum absolute atomic E-state index is 0.0739. The number of rotatable bonds is 7. The molecule has 0 atom stereocenters. The summed E-state index contributed by atoms with van der Waals surface area (Å²) in [6.07, 6.45) is 2.71. The monoisotopic (exact) mass is 449 g/mol. The van der Waals surface area contributed by atoms with Gasteiger partial charge >= 0.3 is 0 Å². The average Bonchev–Trinajstić information content (AvgIpc) is 3.24. The fourth-order valence-electron chi connectivity index (χ4n) is 3.22. The number of benzene rings is 1. The van der Waals surface area contributed by atoms with E-state index in [2.05, 4.69) is 10.6 Å². The Hall–Kier alpha value is -2.23. The van der Waals surface area contributed by atoms with Crippen molar-refractivity contribution in [2.24, 2.45) is 5.92 Å². The van der Waals surface area contributed by atoms with E-state index in [1.54, 1.807) is 23.6 Å². The molecule has 2 aromatic rings. The molecule has 9 heteroatoms. The molecule has 30 heavy (non-hydrogen) atoms. The molecule has 1 aliphatic rings. The summed E-state index contributed by atoms with van der Waals surface area (Å²) in [4.78, 5) is 24.9. The summed E-state index contributed by atoms with van der Waals surface area (Å²) in [6, 6.07) is 8.72. The van der Waals surface area contributed by atoms with Crippen LogP contribution in [0.1, 0.15) is 48.3 Å². The van der Waals surface area contributed by atoms with Gasteiger partial charge in [0.15, 0.2) is 0 Å². The highest BCUT2D eigenvalue weighted by Gasteiger charge is 2.30.